The third kappa shape index (κ3) is 1.92. The van der Waals surface area contributed by atoms with Crippen LogP contribution in [-0.4, -0.2) is 11.6 Å². The summed E-state index contributed by atoms with van der Waals surface area (Å²) in [5, 5.41) is 0. The van der Waals surface area contributed by atoms with Gasteiger partial charge in [0.25, 0.3) is 0 Å². The van der Waals surface area contributed by atoms with E-state index in [9.17, 15) is 4.79 Å². The third-order valence-corrected chi connectivity index (χ3v) is 18.6. The van der Waals surface area contributed by atoms with Crippen LogP contribution < -0.4 is 0 Å². The fraction of sp³-hybridized carbons (Fsp3) is 0.909. The summed E-state index contributed by atoms with van der Waals surface area (Å²) in [4.78, 5) is 11.5. The Morgan fingerprint density at radius 3 is 2.73 bits per heavy atom. The molecule has 1 saturated heterocycles. The standard InChI is InChI=1S/C11H17O2.BrH.Hg/c1-10(2)5-4-6-11(3)8(10)7-9(12)13-11;;/h5,8H,4,6-7H2,1-3H3;1H;/q;;+1/p-1/t8-,11-;;/m1../s1. The van der Waals surface area contributed by atoms with E-state index in [0.29, 0.717) is 17.8 Å². The Morgan fingerprint density at radius 2 is 2.13 bits per heavy atom. The number of hydrogen-bond donors (Lipinski definition) is 0. The maximum atomic E-state index is 11.5. The summed E-state index contributed by atoms with van der Waals surface area (Å²) in [5.74, 6) is 0.455. The molecular formula is C11H17BrHgO2. The molecule has 0 aromatic heterocycles. The number of carbonyl (C=O) groups excluding carboxylic acids is 1. The van der Waals surface area contributed by atoms with Gasteiger partial charge in [0.15, 0.2) is 0 Å². The summed E-state index contributed by atoms with van der Waals surface area (Å²) >= 11 is 2.92. The van der Waals surface area contributed by atoms with E-state index in [-0.39, 0.29) is 11.6 Å². The molecule has 1 aliphatic carbocycles. The van der Waals surface area contributed by atoms with Gasteiger partial charge in [-0.3, -0.25) is 0 Å². The molecule has 2 nitrogen and oxygen atoms in total. The number of esters is 1. The zero-order valence-electron chi connectivity index (χ0n) is 9.68. The summed E-state index contributed by atoms with van der Waals surface area (Å²) in [7, 11) is 0. The Kier molecular flexibility index (Phi) is 3.27. The van der Waals surface area contributed by atoms with Crippen LogP contribution in [0.5, 0.6) is 0 Å². The average molecular weight is 462 g/mol. The van der Waals surface area contributed by atoms with E-state index in [0.717, 1.165) is 9.85 Å². The first kappa shape index (κ1) is 12.3. The normalized spacial score (nSPS) is 43.1. The van der Waals surface area contributed by atoms with Gasteiger partial charge in [-0.05, 0) is 0 Å². The van der Waals surface area contributed by atoms with Crippen LogP contribution in [0.3, 0.4) is 0 Å². The van der Waals surface area contributed by atoms with Crippen LogP contribution in [0.2, 0.25) is 3.43 Å². The van der Waals surface area contributed by atoms with Crippen molar-refractivity contribution in [3.8, 4) is 0 Å². The molecule has 2 fully saturated rings. The molecule has 4 heteroatoms. The topological polar surface area (TPSA) is 26.3 Å². The molecule has 0 aromatic carbocycles. The van der Waals surface area contributed by atoms with Crippen LogP contribution in [0.4, 0.5) is 0 Å². The zero-order chi connectivity index (χ0) is 11.3. The van der Waals surface area contributed by atoms with Crippen molar-refractivity contribution in [2.75, 3.05) is 0 Å². The van der Waals surface area contributed by atoms with Crippen molar-refractivity contribution in [3.63, 3.8) is 0 Å². The second-order valence-electron chi connectivity index (χ2n) is 5.75. The quantitative estimate of drug-likeness (QED) is 0.442. The molecule has 1 heterocycles. The van der Waals surface area contributed by atoms with Crippen molar-refractivity contribution in [1.29, 1.82) is 0 Å². The van der Waals surface area contributed by atoms with Gasteiger partial charge in [-0.1, -0.05) is 0 Å². The predicted molar refractivity (Wildman–Crippen MR) is 58.3 cm³/mol. The number of hydrogen-bond acceptors (Lipinski definition) is 2. The fourth-order valence-electron chi connectivity index (χ4n) is 3.42. The van der Waals surface area contributed by atoms with E-state index in [1.807, 2.05) is 0 Å². The van der Waals surface area contributed by atoms with Crippen LogP contribution in [0.1, 0.15) is 40.0 Å². The first-order valence-corrected chi connectivity index (χ1v) is 20.8. The minimum atomic E-state index is -0.888. The van der Waals surface area contributed by atoms with E-state index in [1.165, 1.54) is 6.42 Å². The van der Waals surface area contributed by atoms with E-state index in [1.54, 1.807) is 0 Å². The molecule has 0 bridgehead atoms. The van der Waals surface area contributed by atoms with E-state index in [2.05, 4.69) is 32.7 Å². The second kappa shape index (κ2) is 3.97. The molecule has 1 saturated carbocycles. The number of carbonyl (C=O) groups is 1. The molecule has 3 atom stereocenters. The number of halogens is 1. The van der Waals surface area contributed by atoms with Crippen molar-refractivity contribution in [3.05, 3.63) is 0 Å². The number of rotatable bonds is 1. The van der Waals surface area contributed by atoms with Crippen molar-refractivity contribution in [2.24, 2.45) is 11.3 Å². The van der Waals surface area contributed by atoms with E-state index in [4.69, 9.17) is 4.74 Å². The molecule has 0 amide bonds. The monoisotopic (exact) mass is 462 g/mol. The van der Waals surface area contributed by atoms with Gasteiger partial charge in [0.05, 0.1) is 0 Å². The van der Waals surface area contributed by atoms with Crippen LogP contribution >= 0.6 is 11.9 Å². The molecule has 0 aromatic rings. The summed E-state index contributed by atoms with van der Waals surface area (Å²) in [6.07, 6.45) is 2.96. The van der Waals surface area contributed by atoms with Crippen LogP contribution in [0.15, 0.2) is 0 Å². The Bertz CT molecular complexity index is 292. The Labute approximate surface area is 109 Å². The summed E-state index contributed by atoms with van der Waals surface area (Å²) < 4.78 is 6.43. The first-order valence-electron chi connectivity index (χ1n) is 5.68. The van der Waals surface area contributed by atoms with Gasteiger partial charge in [0, 0.05) is 0 Å². The molecule has 2 aliphatic rings. The maximum absolute atomic E-state index is 11.5. The van der Waals surface area contributed by atoms with Crippen LogP contribution in [0.25, 0.3) is 0 Å². The van der Waals surface area contributed by atoms with Crippen LogP contribution in [-0.2, 0) is 31.7 Å². The van der Waals surface area contributed by atoms with Gasteiger partial charge < -0.3 is 0 Å². The molecule has 0 N–H and O–H groups in total. The SMILES string of the molecule is CC1(C)[CH]([Hg][Br])CC[C@@]2(C)OC(=O)C[C@H]12. The molecule has 1 aliphatic heterocycles. The third-order valence-electron chi connectivity index (χ3n) is 4.58. The Hall–Kier alpha value is 0.885. The molecule has 15 heavy (non-hydrogen) atoms. The van der Waals surface area contributed by atoms with Gasteiger partial charge in [-0.25, -0.2) is 0 Å². The average Bonchev–Trinajstić information content (AvgIpc) is 2.42. The molecule has 82 valence electrons. The van der Waals surface area contributed by atoms with Gasteiger partial charge in [0.2, 0.25) is 0 Å². The number of ether oxygens (including phenoxy) is 1. The van der Waals surface area contributed by atoms with Crippen molar-refractivity contribution >= 4 is 17.9 Å². The Morgan fingerprint density at radius 1 is 1.47 bits per heavy atom. The first-order chi connectivity index (χ1) is 6.90. The zero-order valence-corrected chi connectivity index (χ0v) is 16.8. The van der Waals surface area contributed by atoms with Gasteiger partial charge in [-0.15, -0.1) is 0 Å². The van der Waals surface area contributed by atoms with E-state index < -0.39 is 22.1 Å². The van der Waals surface area contributed by atoms with Crippen molar-refractivity contribution in [2.45, 2.75) is 49.1 Å². The summed E-state index contributed by atoms with van der Waals surface area (Å²) in [6, 6.07) is 0. The molecule has 0 spiro atoms. The van der Waals surface area contributed by atoms with Gasteiger partial charge in [0.1, 0.15) is 0 Å². The second-order valence-corrected chi connectivity index (χ2v) is 16.5. The summed E-state index contributed by atoms with van der Waals surface area (Å²) in [5.41, 5.74) is 0.136. The minimum absolute atomic E-state index is 0.0162. The molecular weight excluding hydrogens is 445 g/mol. The molecule has 0 radical (unpaired) electrons. The summed E-state index contributed by atoms with van der Waals surface area (Å²) in [6.45, 7) is 6.80. The van der Waals surface area contributed by atoms with Crippen molar-refractivity contribution in [1.82, 2.24) is 0 Å². The van der Waals surface area contributed by atoms with E-state index >= 15 is 0 Å². The predicted octanol–water partition coefficient (Wildman–Crippen LogP) is 3.31. The molecule has 1 unspecified atom stereocenters. The fourth-order valence-corrected chi connectivity index (χ4v) is 17.6. The molecule has 2 rings (SSSR count). The number of fused-ring (bicyclic) bond motifs is 1. The Balaban J connectivity index is 2.30. The van der Waals surface area contributed by atoms with Crippen molar-refractivity contribution < 1.29 is 31.7 Å². The van der Waals surface area contributed by atoms with Gasteiger partial charge >= 0.3 is 110 Å². The van der Waals surface area contributed by atoms with Crippen LogP contribution in [0, 0.1) is 11.3 Å². The van der Waals surface area contributed by atoms with Gasteiger partial charge in [-0.2, -0.15) is 0 Å².